The summed E-state index contributed by atoms with van der Waals surface area (Å²) >= 11 is 1.55. The molecule has 19 heteroatoms. The van der Waals surface area contributed by atoms with E-state index in [-0.39, 0.29) is 47.1 Å². The molecule has 2 amide bonds. The van der Waals surface area contributed by atoms with Crippen LogP contribution in [0.5, 0.6) is 5.75 Å². The highest BCUT2D eigenvalue weighted by Gasteiger charge is 2.42. The molecule has 5 rings (SSSR count). The number of rotatable bonds is 21. The highest BCUT2D eigenvalue weighted by Crippen LogP contribution is 2.40. The van der Waals surface area contributed by atoms with Crippen LogP contribution in [0.1, 0.15) is 135 Å². The lowest BCUT2D eigenvalue weighted by molar-refractivity contribution is -0.137. The maximum absolute atomic E-state index is 12.9. The molecular formula is C51H74F4N6O7S2. The van der Waals surface area contributed by atoms with Crippen molar-refractivity contribution in [3.05, 3.63) is 86.8 Å². The number of carbonyl (C=O) groups is 3. The number of carbonyl (C=O) groups excluding carboxylic acids is 3. The Labute approximate surface area is 415 Å². The van der Waals surface area contributed by atoms with E-state index in [9.17, 15) is 45.2 Å². The fraction of sp³-hybridized carbons (Fsp3) is 0.549. The minimum Gasteiger partial charge on any atom is -0.496 e. The Morgan fingerprint density at radius 1 is 1.00 bits per heavy atom. The van der Waals surface area contributed by atoms with Gasteiger partial charge in [0.2, 0.25) is 11.8 Å². The fourth-order valence-electron chi connectivity index (χ4n) is 6.85. The number of amides is 2. The number of hydrogen-bond acceptors (Lipinski definition) is 10. The van der Waals surface area contributed by atoms with Crippen LogP contribution in [0.2, 0.25) is 0 Å². The average molecular weight is 1020 g/mol. The van der Waals surface area contributed by atoms with Crippen LogP contribution in [0.4, 0.5) is 23.2 Å². The summed E-state index contributed by atoms with van der Waals surface area (Å²) in [5, 5.41) is 8.70. The summed E-state index contributed by atoms with van der Waals surface area (Å²) in [5.74, 6) is -0.000129. The number of alkyl halides is 3. The van der Waals surface area contributed by atoms with Crippen molar-refractivity contribution in [1.29, 1.82) is 0 Å². The first-order valence-corrected chi connectivity index (χ1v) is 26.2. The van der Waals surface area contributed by atoms with Gasteiger partial charge in [-0.3, -0.25) is 19.2 Å². The number of methoxy groups -OCH3 is 1. The highest BCUT2D eigenvalue weighted by molar-refractivity contribution is 7.87. The number of ketones is 1. The van der Waals surface area contributed by atoms with E-state index in [1.807, 2.05) is 24.4 Å². The van der Waals surface area contributed by atoms with Crippen LogP contribution in [0.15, 0.2) is 58.7 Å². The molecule has 13 nitrogen and oxygen atoms in total. The molecule has 390 valence electrons. The van der Waals surface area contributed by atoms with Crippen LogP contribution < -0.4 is 25.5 Å². The predicted molar refractivity (Wildman–Crippen MR) is 274 cm³/mol. The summed E-state index contributed by atoms with van der Waals surface area (Å²) < 4.78 is 81.1. The van der Waals surface area contributed by atoms with Crippen molar-refractivity contribution in [1.82, 2.24) is 24.3 Å². The lowest BCUT2D eigenvalue weighted by atomic mass is 9.95. The summed E-state index contributed by atoms with van der Waals surface area (Å²) in [7, 11) is 2.50. The zero-order valence-corrected chi connectivity index (χ0v) is 44.2. The van der Waals surface area contributed by atoms with Crippen molar-refractivity contribution in [3.63, 3.8) is 0 Å². The Morgan fingerprint density at radius 2 is 1.64 bits per heavy atom. The van der Waals surface area contributed by atoms with Crippen LogP contribution >= 0.6 is 11.3 Å². The van der Waals surface area contributed by atoms with Gasteiger partial charge in [0.1, 0.15) is 22.4 Å². The van der Waals surface area contributed by atoms with Gasteiger partial charge in [0, 0.05) is 61.1 Å². The van der Waals surface area contributed by atoms with Crippen LogP contribution in [0.3, 0.4) is 0 Å². The number of nitrogens with one attached hydrogen (secondary N) is 4. The second kappa shape index (κ2) is 29.9. The number of nitrogens with zero attached hydrogens (tertiary/aromatic N) is 2. The zero-order chi connectivity index (χ0) is 52.8. The van der Waals surface area contributed by atoms with Gasteiger partial charge >= 0.3 is 16.4 Å². The normalized spacial score (nSPS) is 14.3. The molecule has 2 unspecified atom stereocenters. The number of aromatic amines is 1. The minimum atomic E-state index is -4.60. The van der Waals surface area contributed by atoms with E-state index < -0.39 is 33.7 Å². The monoisotopic (exact) mass is 1020 g/mol. The van der Waals surface area contributed by atoms with Crippen molar-refractivity contribution >= 4 is 55.7 Å². The number of anilines is 1. The molecule has 2 atom stereocenters. The molecule has 0 aliphatic heterocycles. The van der Waals surface area contributed by atoms with Crippen molar-refractivity contribution in [2.75, 3.05) is 40.1 Å². The van der Waals surface area contributed by atoms with E-state index in [4.69, 9.17) is 4.74 Å². The van der Waals surface area contributed by atoms with Gasteiger partial charge in [-0.2, -0.15) is 25.9 Å². The van der Waals surface area contributed by atoms with Gasteiger partial charge in [-0.15, -0.1) is 11.3 Å². The van der Waals surface area contributed by atoms with Crippen LogP contribution in [0.25, 0.3) is 21.6 Å². The maximum Gasteiger partial charge on any atom is 0.416 e. The number of Topliss-reactive ketones (excluding diaryl/α,β-unsaturated/α-hetero) is 1. The summed E-state index contributed by atoms with van der Waals surface area (Å²) in [6, 6.07) is 7.30. The first-order valence-electron chi connectivity index (χ1n) is 23.8. The van der Waals surface area contributed by atoms with Crippen molar-refractivity contribution in [2.24, 2.45) is 17.8 Å². The first-order chi connectivity index (χ1) is 32.9. The van der Waals surface area contributed by atoms with Gasteiger partial charge in [0.05, 0.1) is 36.1 Å². The second-order valence-corrected chi connectivity index (χ2v) is 20.4. The molecule has 4 N–H and O–H groups in total. The average Bonchev–Trinajstić information content (AvgIpc) is 3.91. The number of allylic oxidation sites excluding steroid dienone is 2. The lowest BCUT2D eigenvalue weighted by Crippen LogP contribution is -2.40. The summed E-state index contributed by atoms with van der Waals surface area (Å²) in [5.41, 5.74) is 2.38. The van der Waals surface area contributed by atoms with Gasteiger partial charge in [-0.05, 0) is 88.1 Å². The number of ether oxygens (including phenoxy) is 1. The molecule has 2 aromatic carbocycles. The van der Waals surface area contributed by atoms with Crippen molar-refractivity contribution in [3.8, 4) is 16.5 Å². The number of fused-ring (bicyclic) bond motifs is 1. The molecule has 1 aliphatic carbocycles. The molecule has 0 saturated heterocycles. The number of hydrogen-bond donors (Lipinski definition) is 4. The summed E-state index contributed by atoms with van der Waals surface area (Å²) in [4.78, 5) is 54.1. The quantitative estimate of drug-likeness (QED) is 0.0359. The van der Waals surface area contributed by atoms with E-state index in [0.717, 1.165) is 75.3 Å². The van der Waals surface area contributed by atoms with Crippen LogP contribution in [-0.4, -0.2) is 75.1 Å². The van der Waals surface area contributed by atoms with E-state index in [2.05, 4.69) is 66.0 Å². The third kappa shape index (κ3) is 20.7. The van der Waals surface area contributed by atoms with Gasteiger partial charge in [-0.25, -0.2) is 14.1 Å². The molecule has 1 fully saturated rings. The van der Waals surface area contributed by atoms with E-state index in [0.29, 0.717) is 17.4 Å². The molecule has 0 radical (unpaired) electrons. The Morgan fingerprint density at radius 3 is 2.17 bits per heavy atom. The topological polar surface area (TPSA) is 180 Å². The number of benzene rings is 2. The Hall–Kier alpha value is -5.14. The zero-order valence-electron chi connectivity index (χ0n) is 42.6. The number of aryl methyl sites for hydroxylation is 1. The molecule has 1 saturated carbocycles. The van der Waals surface area contributed by atoms with Gasteiger partial charge < -0.3 is 20.4 Å². The summed E-state index contributed by atoms with van der Waals surface area (Å²) in [6.07, 6.45) is 11.7. The third-order valence-electron chi connectivity index (χ3n) is 11.2. The van der Waals surface area contributed by atoms with E-state index >= 15 is 0 Å². The number of pyridine rings is 1. The van der Waals surface area contributed by atoms with E-state index in [1.165, 1.54) is 66.0 Å². The fourth-order valence-corrected chi connectivity index (χ4v) is 8.39. The molecule has 4 aromatic rings. The van der Waals surface area contributed by atoms with Crippen LogP contribution in [0, 0.1) is 30.5 Å². The second-order valence-electron chi connectivity index (χ2n) is 17.7. The molecule has 70 heavy (non-hydrogen) atoms. The lowest BCUT2D eigenvalue weighted by Gasteiger charge is -2.13. The Bertz CT molecular complexity index is 2480. The number of thiazole rings is 1. The molecule has 0 bridgehead atoms. The number of unbranched alkanes of at least 4 members (excludes halogenated alkanes) is 5. The Balaban J connectivity index is 0.000000326. The number of H-pyrrole nitrogens is 1. The molecular weight excluding hydrogens is 949 g/mol. The van der Waals surface area contributed by atoms with Gasteiger partial charge in [0.15, 0.2) is 5.43 Å². The minimum absolute atomic E-state index is 0.00389. The molecule has 0 spiro atoms. The summed E-state index contributed by atoms with van der Waals surface area (Å²) in [6.45, 7) is 13.8. The molecule has 2 aromatic heterocycles. The number of halogens is 4. The number of aromatic nitrogens is 2. The third-order valence-corrected chi connectivity index (χ3v) is 13.5. The molecule has 2 heterocycles. The van der Waals surface area contributed by atoms with E-state index in [1.54, 1.807) is 37.6 Å². The standard InChI is InChI=1S/C17H18N2O2S.C13H24N2O3S.C11H23NO.C10H9F4NO/c1-9(2)13-8-22-17(19-13)12-7-14(20)11-5-6-15(21-4)10(3)16(11)18-12;1-4-5-6-7-8-9-11-10-12(11)13(16)14-19(17,18)15(2)3;1-4-6-8-10(9-7-5-2)11(13)12-3;1-6(16)5-15-9-3-7(10(12,13)14)2-8(11)4-9/h5-9H,1-4H3,(H,18,20);8-9,11-12H,4-7,10H2,1-3H3,(H,14,16);10H,4-9H2,1-3H3,(H,12,13);2-4,15H,5H2,1H3/b;9-8-;;. The van der Waals surface area contributed by atoms with Crippen molar-refractivity contribution in [2.45, 2.75) is 131 Å². The predicted octanol–water partition coefficient (Wildman–Crippen LogP) is 11.3. The largest absolute Gasteiger partial charge is 0.496 e. The van der Waals surface area contributed by atoms with Crippen LogP contribution in [-0.2, 0) is 30.8 Å². The maximum atomic E-state index is 12.9. The highest BCUT2D eigenvalue weighted by atomic mass is 32.2. The van der Waals surface area contributed by atoms with Crippen molar-refractivity contribution < 1.29 is 45.1 Å². The first kappa shape index (κ1) is 61.0. The van der Waals surface area contributed by atoms with Gasteiger partial charge in [-0.1, -0.05) is 85.3 Å². The smallest absolute Gasteiger partial charge is 0.416 e. The van der Waals surface area contributed by atoms with Gasteiger partial charge in [0.25, 0.3) is 0 Å². The Kier molecular flexibility index (Phi) is 26.1. The SMILES string of the molecule is CC(=O)CNc1cc(F)cc(C(F)(F)F)c1.CCCCC(CCCC)C(=O)NC.CCCCC/C=C\C1CC1C(=O)NS(=O)(=O)N(C)C.COc1ccc2c(=O)cc(-c3nc(C(C)C)cs3)[nH]c2c1C. The molecule has 1 aliphatic rings.